The van der Waals surface area contributed by atoms with Crippen LogP contribution in [0.1, 0.15) is 13.8 Å². The van der Waals surface area contributed by atoms with Crippen LogP contribution < -0.4 is 5.32 Å². The van der Waals surface area contributed by atoms with Crippen molar-refractivity contribution in [3.05, 3.63) is 24.0 Å². The van der Waals surface area contributed by atoms with Gasteiger partial charge in [-0.3, -0.25) is 4.79 Å². The summed E-state index contributed by atoms with van der Waals surface area (Å²) < 4.78 is 12.7. The van der Waals surface area contributed by atoms with Gasteiger partial charge in [0, 0.05) is 6.07 Å². The lowest BCUT2D eigenvalue weighted by Crippen LogP contribution is -2.27. The van der Waals surface area contributed by atoms with Gasteiger partial charge in [0.05, 0.1) is 10.5 Å². The minimum atomic E-state index is -0.547. The van der Waals surface area contributed by atoms with Crippen molar-refractivity contribution in [2.24, 2.45) is 5.92 Å². The molecule has 3 nitrogen and oxygen atoms in total. The van der Waals surface area contributed by atoms with Crippen LogP contribution >= 0.6 is 15.9 Å². The van der Waals surface area contributed by atoms with E-state index < -0.39 is 5.82 Å². The maximum Gasteiger partial charge on any atom is 0.238 e. The molecule has 0 fully saturated rings. The summed E-state index contributed by atoms with van der Waals surface area (Å²) in [6.45, 7) is 3.78. The van der Waals surface area contributed by atoms with E-state index in [0.29, 0.717) is 0 Å². The molecule has 0 saturated heterocycles. The van der Waals surface area contributed by atoms with Crippen molar-refractivity contribution in [1.82, 2.24) is 0 Å². The highest BCUT2D eigenvalue weighted by Gasteiger charge is 2.19. The summed E-state index contributed by atoms with van der Waals surface area (Å²) in [4.78, 5) is 11.3. The zero-order valence-corrected chi connectivity index (χ0v) is 10.6. The van der Waals surface area contributed by atoms with Crippen LogP contribution in [0.25, 0.3) is 0 Å². The molecule has 0 radical (unpaired) electrons. The number of hydrogen-bond donors (Lipinski definition) is 2. The Bertz CT molecular complexity index is 396. The van der Waals surface area contributed by atoms with Crippen molar-refractivity contribution in [3.63, 3.8) is 0 Å². The molecule has 1 atom stereocenters. The highest BCUT2D eigenvalue weighted by atomic mass is 79.9. The average molecular weight is 290 g/mol. The number of alkyl halides is 1. The second-order valence-corrected chi connectivity index (χ2v) is 4.78. The van der Waals surface area contributed by atoms with Crippen LogP contribution in [0.2, 0.25) is 0 Å². The predicted octanol–water partition coefficient (Wildman–Crippen LogP) is 2.89. The van der Waals surface area contributed by atoms with Crippen molar-refractivity contribution < 1.29 is 14.3 Å². The van der Waals surface area contributed by atoms with E-state index in [4.69, 9.17) is 0 Å². The van der Waals surface area contributed by atoms with Crippen LogP contribution in [0.4, 0.5) is 10.1 Å². The van der Waals surface area contributed by atoms with Crippen LogP contribution in [0.15, 0.2) is 18.2 Å². The van der Waals surface area contributed by atoms with Gasteiger partial charge in [-0.05, 0) is 18.1 Å². The number of hydrogen-bond acceptors (Lipinski definition) is 2. The molecule has 16 heavy (non-hydrogen) atoms. The van der Waals surface area contributed by atoms with E-state index in [1.54, 1.807) is 0 Å². The minimum absolute atomic E-state index is 0.127. The van der Waals surface area contributed by atoms with E-state index in [9.17, 15) is 14.3 Å². The SMILES string of the molecule is CC(C)C(Br)C(=O)Nc1ccc(F)cc1O. The summed E-state index contributed by atoms with van der Waals surface area (Å²) in [5, 5.41) is 11.9. The number of halogens is 2. The van der Waals surface area contributed by atoms with E-state index in [2.05, 4.69) is 21.2 Å². The number of benzene rings is 1. The van der Waals surface area contributed by atoms with E-state index in [1.807, 2.05) is 13.8 Å². The van der Waals surface area contributed by atoms with Gasteiger partial charge < -0.3 is 10.4 Å². The summed E-state index contributed by atoms with van der Waals surface area (Å²) in [7, 11) is 0. The third-order valence-corrected chi connectivity index (χ3v) is 3.53. The van der Waals surface area contributed by atoms with Gasteiger partial charge in [-0.2, -0.15) is 0 Å². The molecule has 0 heterocycles. The van der Waals surface area contributed by atoms with Gasteiger partial charge in [0.25, 0.3) is 0 Å². The van der Waals surface area contributed by atoms with E-state index in [1.165, 1.54) is 12.1 Å². The Kier molecular flexibility index (Phi) is 4.29. The van der Waals surface area contributed by atoms with Crippen LogP contribution in [-0.2, 0) is 4.79 Å². The molecule has 2 N–H and O–H groups in total. The molecular formula is C11H13BrFNO2. The number of phenols is 1. The topological polar surface area (TPSA) is 49.3 Å². The third kappa shape index (κ3) is 3.20. The molecule has 1 unspecified atom stereocenters. The summed E-state index contributed by atoms with van der Waals surface area (Å²) in [5.74, 6) is -0.967. The van der Waals surface area contributed by atoms with Gasteiger partial charge in [-0.15, -0.1) is 0 Å². The molecular weight excluding hydrogens is 277 g/mol. The molecule has 88 valence electrons. The molecule has 1 aromatic carbocycles. The molecule has 0 aliphatic rings. The molecule has 1 amide bonds. The second kappa shape index (κ2) is 5.30. The number of amides is 1. The Hall–Kier alpha value is -1.10. The molecule has 0 spiro atoms. The maximum atomic E-state index is 12.7. The van der Waals surface area contributed by atoms with E-state index >= 15 is 0 Å². The first-order valence-electron chi connectivity index (χ1n) is 4.85. The Labute approximate surface area is 102 Å². The molecule has 0 aliphatic heterocycles. The summed E-state index contributed by atoms with van der Waals surface area (Å²) in [6, 6.07) is 3.45. The fourth-order valence-corrected chi connectivity index (χ4v) is 1.23. The first kappa shape index (κ1) is 13.0. The number of nitrogens with one attached hydrogen (secondary N) is 1. The maximum absolute atomic E-state index is 12.7. The van der Waals surface area contributed by atoms with Crippen molar-refractivity contribution >= 4 is 27.5 Å². The van der Waals surface area contributed by atoms with Gasteiger partial charge in [0.1, 0.15) is 11.6 Å². The lowest BCUT2D eigenvalue weighted by atomic mass is 10.1. The minimum Gasteiger partial charge on any atom is -0.506 e. The van der Waals surface area contributed by atoms with Crippen LogP contribution in [0.3, 0.4) is 0 Å². The predicted molar refractivity (Wildman–Crippen MR) is 64.2 cm³/mol. The number of rotatable bonds is 3. The smallest absolute Gasteiger partial charge is 0.238 e. The first-order valence-corrected chi connectivity index (χ1v) is 5.77. The molecule has 1 aromatic rings. The number of carbonyl (C=O) groups excluding carboxylic acids is 1. The number of carbonyl (C=O) groups is 1. The molecule has 0 bridgehead atoms. The monoisotopic (exact) mass is 289 g/mol. The lowest BCUT2D eigenvalue weighted by Gasteiger charge is -2.14. The molecule has 1 rings (SSSR count). The van der Waals surface area contributed by atoms with E-state index in [0.717, 1.165) is 6.07 Å². The first-order chi connectivity index (χ1) is 7.41. The van der Waals surface area contributed by atoms with Crippen molar-refractivity contribution in [2.75, 3.05) is 5.32 Å². The number of phenolic OH excluding ortho intramolecular Hbond substituents is 1. The zero-order valence-electron chi connectivity index (χ0n) is 9.00. The van der Waals surface area contributed by atoms with Crippen LogP contribution in [-0.4, -0.2) is 15.8 Å². The van der Waals surface area contributed by atoms with Gasteiger partial charge in [0.15, 0.2) is 0 Å². The van der Waals surface area contributed by atoms with Gasteiger partial charge in [0.2, 0.25) is 5.91 Å². The summed E-state index contributed by atoms with van der Waals surface area (Å²) >= 11 is 3.24. The van der Waals surface area contributed by atoms with Crippen LogP contribution in [0.5, 0.6) is 5.75 Å². The highest BCUT2D eigenvalue weighted by molar-refractivity contribution is 9.10. The molecule has 5 heteroatoms. The average Bonchev–Trinajstić information content (AvgIpc) is 2.20. The van der Waals surface area contributed by atoms with Crippen LogP contribution in [0, 0.1) is 11.7 Å². The van der Waals surface area contributed by atoms with E-state index in [-0.39, 0.29) is 28.1 Å². The Balaban J connectivity index is 2.77. The Morgan fingerprint density at radius 1 is 1.50 bits per heavy atom. The Morgan fingerprint density at radius 2 is 2.12 bits per heavy atom. The van der Waals surface area contributed by atoms with Gasteiger partial charge in [-0.1, -0.05) is 29.8 Å². The van der Waals surface area contributed by atoms with Gasteiger partial charge >= 0.3 is 0 Å². The fourth-order valence-electron chi connectivity index (χ4n) is 1.11. The van der Waals surface area contributed by atoms with Crippen molar-refractivity contribution in [2.45, 2.75) is 18.7 Å². The molecule has 0 aromatic heterocycles. The van der Waals surface area contributed by atoms with Gasteiger partial charge in [-0.25, -0.2) is 4.39 Å². The lowest BCUT2D eigenvalue weighted by molar-refractivity contribution is -0.116. The van der Waals surface area contributed by atoms with Crippen molar-refractivity contribution in [1.29, 1.82) is 0 Å². The zero-order chi connectivity index (χ0) is 12.3. The Morgan fingerprint density at radius 3 is 2.62 bits per heavy atom. The molecule has 0 aliphatic carbocycles. The number of aromatic hydroxyl groups is 1. The standard InChI is InChI=1S/C11H13BrFNO2/c1-6(2)10(12)11(16)14-8-4-3-7(13)5-9(8)15/h3-6,10,15H,1-2H3,(H,14,16). The number of anilines is 1. The largest absolute Gasteiger partial charge is 0.506 e. The second-order valence-electron chi connectivity index (χ2n) is 3.80. The van der Waals surface area contributed by atoms with Crippen molar-refractivity contribution in [3.8, 4) is 5.75 Å². The third-order valence-electron chi connectivity index (χ3n) is 2.05. The highest BCUT2D eigenvalue weighted by Crippen LogP contribution is 2.25. The fraction of sp³-hybridized carbons (Fsp3) is 0.364. The molecule has 0 saturated carbocycles. The summed E-state index contributed by atoms with van der Waals surface area (Å²) in [5.41, 5.74) is 0.205. The quantitative estimate of drug-likeness (QED) is 0.664. The summed E-state index contributed by atoms with van der Waals surface area (Å²) in [6.07, 6.45) is 0. The normalized spacial score (nSPS) is 12.6.